The van der Waals surface area contributed by atoms with Gasteiger partial charge in [-0.05, 0) is 58.4 Å². The third-order valence-corrected chi connectivity index (χ3v) is 7.98. The van der Waals surface area contributed by atoms with Gasteiger partial charge in [-0.25, -0.2) is 0 Å². The number of hydrogen-bond acceptors (Lipinski definition) is 1. The molecule has 1 nitrogen and oxygen atoms in total. The lowest BCUT2D eigenvalue weighted by Crippen LogP contribution is -2.12. The van der Waals surface area contributed by atoms with Gasteiger partial charge in [0.25, 0.3) is 0 Å². The van der Waals surface area contributed by atoms with Crippen LogP contribution in [-0.4, -0.2) is 13.2 Å². The van der Waals surface area contributed by atoms with Crippen molar-refractivity contribution in [3.63, 3.8) is 0 Å². The van der Waals surface area contributed by atoms with E-state index >= 15 is 0 Å². The standard InChI is InChI=1S/C36H42O/c1-25-21-33(29(5)31-13-9-7-10-14-31)17-19-35(25)27(3)23-37-24-28(4)36-20-18-34(22-26(36)2)30(6)32-15-11-8-12-16-32/h7-22,27-30H,23-24H2,1-6H3. The van der Waals surface area contributed by atoms with Crippen molar-refractivity contribution in [3.8, 4) is 0 Å². The fourth-order valence-corrected chi connectivity index (χ4v) is 5.51. The van der Waals surface area contributed by atoms with E-state index in [1.165, 1.54) is 44.5 Å². The number of aryl methyl sites for hydroxylation is 2. The number of rotatable bonds is 10. The highest BCUT2D eigenvalue weighted by Gasteiger charge is 2.16. The molecule has 4 rings (SSSR count). The van der Waals surface area contributed by atoms with Crippen molar-refractivity contribution < 1.29 is 4.74 Å². The summed E-state index contributed by atoms with van der Waals surface area (Å²) in [6.07, 6.45) is 0. The normalized spacial score (nSPS) is 14.6. The second-order valence-electron chi connectivity index (χ2n) is 10.8. The Morgan fingerprint density at radius 2 is 0.865 bits per heavy atom. The zero-order valence-corrected chi connectivity index (χ0v) is 23.4. The van der Waals surface area contributed by atoms with Gasteiger partial charge in [0.1, 0.15) is 0 Å². The van der Waals surface area contributed by atoms with Gasteiger partial charge in [-0.1, -0.05) is 125 Å². The van der Waals surface area contributed by atoms with Crippen molar-refractivity contribution in [1.82, 2.24) is 0 Å². The maximum atomic E-state index is 6.27. The van der Waals surface area contributed by atoms with Gasteiger partial charge in [0.05, 0.1) is 13.2 Å². The lowest BCUT2D eigenvalue weighted by Gasteiger charge is -2.21. The van der Waals surface area contributed by atoms with Gasteiger partial charge in [0.2, 0.25) is 0 Å². The highest BCUT2D eigenvalue weighted by molar-refractivity contribution is 5.40. The molecule has 1 heteroatoms. The Kier molecular flexibility index (Phi) is 9.00. The largest absolute Gasteiger partial charge is 0.380 e. The van der Waals surface area contributed by atoms with Crippen molar-refractivity contribution in [2.45, 2.75) is 65.2 Å². The van der Waals surface area contributed by atoms with Crippen molar-refractivity contribution in [3.05, 3.63) is 142 Å². The van der Waals surface area contributed by atoms with Crippen molar-refractivity contribution >= 4 is 0 Å². The van der Waals surface area contributed by atoms with E-state index in [-0.39, 0.29) is 0 Å². The molecule has 0 N–H and O–H groups in total. The molecule has 4 atom stereocenters. The van der Waals surface area contributed by atoms with Gasteiger partial charge >= 0.3 is 0 Å². The monoisotopic (exact) mass is 490 g/mol. The maximum absolute atomic E-state index is 6.27. The molecule has 0 heterocycles. The smallest absolute Gasteiger partial charge is 0.0532 e. The quantitative estimate of drug-likeness (QED) is 0.215. The predicted octanol–water partition coefficient (Wildman–Crippen LogP) is 9.53. The summed E-state index contributed by atoms with van der Waals surface area (Å²) in [6.45, 7) is 15.1. The fraction of sp³-hybridized carbons (Fsp3) is 0.333. The van der Waals surface area contributed by atoms with Gasteiger partial charge in [-0.2, -0.15) is 0 Å². The molecule has 4 aromatic rings. The van der Waals surface area contributed by atoms with Crippen LogP contribution in [-0.2, 0) is 4.74 Å². The molecule has 0 amide bonds. The first-order chi connectivity index (χ1) is 17.8. The lowest BCUT2D eigenvalue weighted by molar-refractivity contribution is 0.113. The summed E-state index contributed by atoms with van der Waals surface area (Å²) in [5, 5.41) is 0. The van der Waals surface area contributed by atoms with Crippen LogP contribution < -0.4 is 0 Å². The molecule has 0 aromatic heterocycles. The summed E-state index contributed by atoms with van der Waals surface area (Å²) in [7, 11) is 0. The summed E-state index contributed by atoms with van der Waals surface area (Å²) < 4.78 is 6.27. The van der Waals surface area contributed by atoms with E-state index in [1.54, 1.807) is 0 Å². The topological polar surface area (TPSA) is 9.23 Å². The van der Waals surface area contributed by atoms with Crippen LogP contribution in [0.2, 0.25) is 0 Å². The van der Waals surface area contributed by atoms with Crippen LogP contribution in [0.5, 0.6) is 0 Å². The highest BCUT2D eigenvalue weighted by atomic mass is 16.5. The Hall–Kier alpha value is -3.16. The van der Waals surface area contributed by atoms with Gasteiger partial charge in [0.15, 0.2) is 0 Å². The minimum absolute atomic E-state index is 0.364. The van der Waals surface area contributed by atoms with Crippen molar-refractivity contribution in [2.75, 3.05) is 13.2 Å². The summed E-state index contributed by atoms with van der Waals surface area (Å²) in [4.78, 5) is 0. The van der Waals surface area contributed by atoms with Crippen LogP contribution >= 0.6 is 0 Å². The first-order valence-electron chi connectivity index (χ1n) is 13.7. The highest BCUT2D eigenvalue weighted by Crippen LogP contribution is 2.30. The molecule has 0 saturated heterocycles. The summed E-state index contributed by atoms with van der Waals surface area (Å²) in [5.74, 6) is 1.52. The third-order valence-electron chi connectivity index (χ3n) is 7.98. The molecule has 0 aliphatic carbocycles. The molecule has 0 saturated carbocycles. The van der Waals surface area contributed by atoms with E-state index in [0.29, 0.717) is 23.7 Å². The minimum atomic E-state index is 0.364. The van der Waals surface area contributed by atoms with Crippen LogP contribution in [0.3, 0.4) is 0 Å². The first kappa shape index (κ1) is 26.9. The van der Waals surface area contributed by atoms with Crippen molar-refractivity contribution in [2.24, 2.45) is 0 Å². The lowest BCUT2D eigenvalue weighted by atomic mass is 9.88. The number of hydrogen-bond donors (Lipinski definition) is 0. The molecule has 0 aliphatic heterocycles. The Labute approximate surface area is 224 Å². The second-order valence-corrected chi connectivity index (χ2v) is 10.8. The maximum Gasteiger partial charge on any atom is 0.0532 e. The van der Waals surface area contributed by atoms with E-state index in [2.05, 4.69) is 139 Å². The van der Waals surface area contributed by atoms with Gasteiger partial charge in [-0.3, -0.25) is 0 Å². The zero-order chi connectivity index (χ0) is 26.4. The Bertz CT molecular complexity index is 1170. The third kappa shape index (κ3) is 6.59. The molecule has 4 aromatic carbocycles. The van der Waals surface area contributed by atoms with Crippen LogP contribution in [0.15, 0.2) is 97.1 Å². The molecule has 4 unspecified atom stereocenters. The first-order valence-corrected chi connectivity index (χ1v) is 13.7. The molecule has 0 radical (unpaired) electrons. The zero-order valence-electron chi connectivity index (χ0n) is 23.4. The molecule has 37 heavy (non-hydrogen) atoms. The van der Waals surface area contributed by atoms with Crippen LogP contribution in [0.4, 0.5) is 0 Å². The summed E-state index contributed by atoms with van der Waals surface area (Å²) >= 11 is 0. The van der Waals surface area contributed by atoms with E-state index in [4.69, 9.17) is 4.74 Å². The molecule has 0 aliphatic rings. The average Bonchev–Trinajstić information content (AvgIpc) is 2.92. The Balaban J connectivity index is 1.34. The summed E-state index contributed by atoms with van der Waals surface area (Å²) in [5.41, 5.74) is 10.9. The molecule has 0 spiro atoms. The molecule has 0 fully saturated rings. The Morgan fingerprint density at radius 3 is 1.22 bits per heavy atom. The fourth-order valence-electron chi connectivity index (χ4n) is 5.51. The van der Waals surface area contributed by atoms with E-state index in [0.717, 1.165) is 13.2 Å². The summed E-state index contributed by atoms with van der Waals surface area (Å²) in [6, 6.07) is 35.4. The van der Waals surface area contributed by atoms with Gasteiger partial charge in [-0.15, -0.1) is 0 Å². The van der Waals surface area contributed by atoms with Gasteiger partial charge in [0, 0.05) is 23.7 Å². The van der Waals surface area contributed by atoms with E-state index in [9.17, 15) is 0 Å². The van der Waals surface area contributed by atoms with Crippen LogP contribution in [0.1, 0.15) is 95.9 Å². The molecular weight excluding hydrogens is 448 g/mol. The predicted molar refractivity (Wildman–Crippen MR) is 158 cm³/mol. The van der Waals surface area contributed by atoms with Gasteiger partial charge < -0.3 is 4.74 Å². The minimum Gasteiger partial charge on any atom is -0.380 e. The SMILES string of the molecule is Cc1cc(C(C)c2ccccc2)ccc1C(C)COCC(C)c1ccc(C(C)c2ccccc2)cc1C. The molecule has 192 valence electrons. The van der Waals surface area contributed by atoms with Crippen LogP contribution in [0.25, 0.3) is 0 Å². The number of ether oxygens (including phenoxy) is 1. The molecular formula is C36H42O. The average molecular weight is 491 g/mol. The second kappa shape index (κ2) is 12.4. The van der Waals surface area contributed by atoms with Crippen LogP contribution in [0, 0.1) is 13.8 Å². The van der Waals surface area contributed by atoms with E-state index in [1.807, 2.05) is 0 Å². The number of benzene rings is 4. The van der Waals surface area contributed by atoms with E-state index < -0.39 is 0 Å². The Morgan fingerprint density at radius 1 is 0.486 bits per heavy atom. The molecule has 0 bridgehead atoms. The van der Waals surface area contributed by atoms with Crippen molar-refractivity contribution in [1.29, 1.82) is 0 Å².